The summed E-state index contributed by atoms with van der Waals surface area (Å²) in [6.45, 7) is 2.93. The van der Waals surface area contributed by atoms with E-state index in [0.717, 1.165) is 23.0 Å². The van der Waals surface area contributed by atoms with Crippen LogP contribution in [0.1, 0.15) is 36.5 Å². The topological polar surface area (TPSA) is 42.4 Å². The number of aromatic nitrogens is 1. The molecular formula is C13H17IN2O2. The van der Waals surface area contributed by atoms with E-state index in [4.69, 9.17) is 4.74 Å². The number of carbonyl (C=O) groups excluding carboxylic acids is 1. The third-order valence-electron chi connectivity index (χ3n) is 3.34. The van der Waals surface area contributed by atoms with Crippen LogP contribution in [0.2, 0.25) is 0 Å². The molecule has 18 heavy (non-hydrogen) atoms. The van der Waals surface area contributed by atoms with Gasteiger partial charge < -0.3 is 9.64 Å². The Labute approximate surface area is 121 Å². The van der Waals surface area contributed by atoms with E-state index in [9.17, 15) is 4.79 Å². The molecule has 0 bridgehead atoms. The van der Waals surface area contributed by atoms with Crippen LogP contribution in [0, 0.1) is 3.57 Å². The van der Waals surface area contributed by atoms with Gasteiger partial charge >= 0.3 is 0 Å². The Morgan fingerprint density at radius 2 is 2.33 bits per heavy atom. The molecule has 98 valence electrons. The standard InChI is InChI=1S/C13H17IN2O2/c1-9-5-3-4-8-16(9)13(17)11-10(14)6-7-15-12(11)18-2/h6-7,9H,3-5,8H2,1-2H3. The van der Waals surface area contributed by atoms with Crippen LogP contribution in [0.4, 0.5) is 0 Å². The van der Waals surface area contributed by atoms with Crippen LogP contribution in [-0.2, 0) is 0 Å². The number of likely N-dealkylation sites (tertiary alicyclic amines) is 1. The molecule has 1 saturated heterocycles. The number of rotatable bonds is 2. The molecule has 1 unspecified atom stereocenters. The summed E-state index contributed by atoms with van der Waals surface area (Å²) < 4.78 is 6.10. The van der Waals surface area contributed by atoms with Crippen molar-refractivity contribution in [3.63, 3.8) is 0 Å². The summed E-state index contributed by atoms with van der Waals surface area (Å²) in [5, 5.41) is 0. The van der Waals surface area contributed by atoms with Crippen molar-refractivity contribution in [3.8, 4) is 5.88 Å². The Kier molecular flexibility index (Phi) is 4.42. The predicted molar refractivity (Wildman–Crippen MR) is 77.9 cm³/mol. The maximum Gasteiger partial charge on any atom is 0.260 e. The number of hydrogen-bond acceptors (Lipinski definition) is 3. The van der Waals surface area contributed by atoms with Gasteiger partial charge in [0.15, 0.2) is 0 Å². The van der Waals surface area contributed by atoms with E-state index in [2.05, 4.69) is 34.5 Å². The first-order chi connectivity index (χ1) is 8.65. The van der Waals surface area contributed by atoms with Crippen molar-refractivity contribution in [1.29, 1.82) is 0 Å². The normalized spacial score (nSPS) is 19.7. The lowest BCUT2D eigenvalue weighted by molar-refractivity contribution is 0.0630. The van der Waals surface area contributed by atoms with E-state index in [0.29, 0.717) is 17.5 Å². The molecule has 0 aromatic carbocycles. The fourth-order valence-electron chi connectivity index (χ4n) is 2.31. The van der Waals surface area contributed by atoms with Gasteiger partial charge in [0.05, 0.1) is 7.11 Å². The lowest BCUT2D eigenvalue weighted by atomic mass is 10.0. The fraction of sp³-hybridized carbons (Fsp3) is 0.538. The molecule has 1 aliphatic heterocycles. The minimum atomic E-state index is 0.0385. The number of pyridine rings is 1. The quantitative estimate of drug-likeness (QED) is 0.762. The second-order valence-corrected chi connectivity index (χ2v) is 5.68. The van der Waals surface area contributed by atoms with E-state index in [1.54, 1.807) is 13.3 Å². The van der Waals surface area contributed by atoms with E-state index < -0.39 is 0 Å². The van der Waals surface area contributed by atoms with Gasteiger partial charge in [-0.15, -0.1) is 0 Å². The van der Waals surface area contributed by atoms with E-state index >= 15 is 0 Å². The van der Waals surface area contributed by atoms with Crippen LogP contribution in [0.5, 0.6) is 5.88 Å². The highest BCUT2D eigenvalue weighted by molar-refractivity contribution is 14.1. The van der Waals surface area contributed by atoms with Crippen molar-refractivity contribution >= 4 is 28.5 Å². The Hall–Kier alpha value is -0.850. The molecular weight excluding hydrogens is 343 g/mol. The largest absolute Gasteiger partial charge is 0.480 e. The second kappa shape index (κ2) is 5.86. The maximum atomic E-state index is 12.6. The Balaban J connectivity index is 2.33. The van der Waals surface area contributed by atoms with E-state index in [1.165, 1.54) is 6.42 Å². The number of halogens is 1. The van der Waals surface area contributed by atoms with Crippen LogP contribution in [0.3, 0.4) is 0 Å². The Morgan fingerprint density at radius 3 is 3.00 bits per heavy atom. The summed E-state index contributed by atoms with van der Waals surface area (Å²) >= 11 is 2.16. The first-order valence-electron chi connectivity index (χ1n) is 6.14. The molecule has 1 aliphatic rings. The lowest BCUT2D eigenvalue weighted by Gasteiger charge is -2.33. The Morgan fingerprint density at radius 1 is 1.56 bits per heavy atom. The van der Waals surface area contributed by atoms with Crippen LogP contribution >= 0.6 is 22.6 Å². The molecule has 0 saturated carbocycles. The molecule has 0 radical (unpaired) electrons. The molecule has 1 atom stereocenters. The molecule has 1 amide bonds. The van der Waals surface area contributed by atoms with Gasteiger partial charge in [-0.1, -0.05) is 0 Å². The number of piperidine rings is 1. The number of amides is 1. The van der Waals surface area contributed by atoms with Crippen molar-refractivity contribution in [2.24, 2.45) is 0 Å². The van der Waals surface area contributed by atoms with Gasteiger partial charge in [-0.2, -0.15) is 0 Å². The van der Waals surface area contributed by atoms with Gasteiger partial charge in [0.2, 0.25) is 5.88 Å². The zero-order valence-corrected chi connectivity index (χ0v) is 12.8. The van der Waals surface area contributed by atoms with Gasteiger partial charge in [0.1, 0.15) is 5.56 Å². The second-order valence-electron chi connectivity index (χ2n) is 4.52. The summed E-state index contributed by atoms with van der Waals surface area (Å²) in [5.41, 5.74) is 0.592. The molecule has 2 heterocycles. The lowest BCUT2D eigenvalue weighted by Crippen LogP contribution is -2.42. The molecule has 0 N–H and O–H groups in total. The third kappa shape index (κ3) is 2.60. The first-order valence-corrected chi connectivity index (χ1v) is 7.22. The summed E-state index contributed by atoms with van der Waals surface area (Å²) in [6, 6.07) is 2.14. The summed E-state index contributed by atoms with van der Waals surface area (Å²) in [6.07, 6.45) is 5.02. The fourth-order valence-corrected chi connectivity index (χ4v) is 2.93. The highest BCUT2D eigenvalue weighted by atomic mass is 127. The Bertz CT molecular complexity index is 451. The summed E-state index contributed by atoms with van der Waals surface area (Å²) in [5.74, 6) is 0.459. The first kappa shape index (κ1) is 13.6. The van der Waals surface area contributed by atoms with Crippen LogP contribution in [-0.4, -0.2) is 35.5 Å². The number of nitrogens with zero attached hydrogens (tertiary/aromatic N) is 2. The van der Waals surface area contributed by atoms with Gasteiger partial charge in [-0.3, -0.25) is 4.79 Å². The van der Waals surface area contributed by atoms with Crippen molar-refractivity contribution in [1.82, 2.24) is 9.88 Å². The molecule has 1 aromatic rings. The van der Waals surface area contributed by atoms with Gasteiger partial charge in [-0.25, -0.2) is 4.98 Å². The zero-order chi connectivity index (χ0) is 13.1. The predicted octanol–water partition coefficient (Wildman–Crippen LogP) is 2.71. The molecule has 5 heteroatoms. The number of hydrogen-bond donors (Lipinski definition) is 0. The molecule has 0 aliphatic carbocycles. The minimum absolute atomic E-state index is 0.0385. The van der Waals surface area contributed by atoms with Crippen molar-refractivity contribution in [3.05, 3.63) is 21.4 Å². The maximum absolute atomic E-state index is 12.6. The number of carbonyl (C=O) groups is 1. The highest BCUT2D eigenvalue weighted by Crippen LogP contribution is 2.26. The molecule has 4 nitrogen and oxygen atoms in total. The zero-order valence-electron chi connectivity index (χ0n) is 10.6. The van der Waals surface area contributed by atoms with Gasteiger partial charge in [0.25, 0.3) is 5.91 Å². The third-order valence-corrected chi connectivity index (χ3v) is 4.24. The monoisotopic (exact) mass is 360 g/mol. The summed E-state index contributed by atoms with van der Waals surface area (Å²) in [7, 11) is 1.55. The number of methoxy groups -OCH3 is 1. The SMILES string of the molecule is COc1nccc(I)c1C(=O)N1CCCCC1C. The van der Waals surface area contributed by atoms with Gasteiger partial charge in [-0.05, 0) is 54.8 Å². The molecule has 0 spiro atoms. The molecule has 1 fully saturated rings. The average molecular weight is 360 g/mol. The highest BCUT2D eigenvalue weighted by Gasteiger charge is 2.28. The average Bonchev–Trinajstić information content (AvgIpc) is 2.38. The molecule has 1 aromatic heterocycles. The summed E-state index contributed by atoms with van der Waals surface area (Å²) in [4.78, 5) is 18.7. The minimum Gasteiger partial charge on any atom is -0.480 e. The van der Waals surface area contributed by atoms with Crippen molar-refractivity contribution < 1.29 is 9.53 Å². The van der Waals surface area contributed by atoms with E-state index in [-0.39, 0.29) is 5.91 Å². The van der Waals surface area contributed by atoms with Crippen molar-refractivity contribution in [2.45, 2.75) is 32.2 Å². The van der Waals surface area contributed by atoms with Gasteiger partial charge in [0, 0.05) is 22.4 Å². The van der Waals surface area contributed by atoms with Crippen molar-refractivity contribution in [2.75, 3.05) is 13.7 Å². The molecule has 2 rings (SSSR count). The van der Waals surface area contributed by atoms with Crippen LogP contribution in [0.15, 0.2) is 12.3 Å². The van der Waals surface area contributed by atoms with E-state index in [1.807, 2.05) is 11.0 Å². The van der Waals surface area contributed by atoms with Crippen LogP contribution < -0.4 is 4.74 Å². The van der Waals surface area contributed by atoms with Crippen LogP contribution in [0.25, 0.3) is 0 Å². The number of ether oxygens (including phenoxy) is 1. The smallest absolute Gasteiger partial charge is 0.260 e.